The zero-order chi connectivity index (χ0) is 11.8. The Kier molecular flexibility index (Phi) is 2.42. The van der Waals surface area contributed by atoms with Crippen molar-refractivity contribution in [2.24, 2.45) is 0 Å². The molecule has 0 saturated heterocycles. The van der Waals surface area contributed by atoms with Gasteiger partial charge in [-0.2, -0.15) is 0 Å². The lowest BCUT2D eigenvalue weighted by Gasteiger charge is -1.86. The maximum atomic E-state index is 10.6. The molecule has 0 saturated carbocycles. The van der Waals surface area contributed by atoms with Crippen LogP contribution in [-0.4, -0.2) is 4.92 Å². The number of thiophene rings is 2. The molecule has 2 aromatic heterocycles. The van der Waals surface area contributed by atoms with E-state index < -0.39 is 0 Å². The van der Waals surface area contributed by atoms with Gasteiger partial charge in [0.25, 0.3) is 0 Å². The minimum absolute atomic E-state index is 0.192. The zero-order valence-electron chi connectivity index (χ0n) is 8.62. The minimum Gasteiger partial charge on any atom is -0.258 e. The zero-order valence-corrected chi connectivity index (χ0v) is 10.3. The average molecular weight is 261 g/mol. The van der Waals surface area contributed by atoms with Crippen LogP contribution in [0.25, 0.3) is 19.8 Å². The van der Waals surface area contributed by atoms with Crippen LogP contribution in [0, 0.1) is 10.1 Å². The van der Waals surface area contributed by atoms with Crippen LogP contribution < -0.4 is 0 Å². The smallest absolute Gasteiger partial charge is 0.258 e. The molecule has 0 amide bonds. The molecule has 5 heteroatoms. The largest absolute Gasteiger partial charge is 0.324 e. The monoisotopic (exact) mass is 261 g/mol. The molecule has 0 spiro atoms. The quantitative estimate of drug-likeness (QED) is 0.502. The number of nitrogens with zero attached hydrogens (tertiary/aromatic N) is 1. The number of nitro groups is 1. The second-order valence-corrected chi connectivity index (χ2v) is 5.69. The van der Waals surface area contributed by atoms with Gasteiger partial charge in [-0.3, -0.25) is 10.1 Å². The van der Waals surface area contributed by atoms with Crippen molar-refractivity contribution in [1.82, 2.24) is 0 Å². The minimum atomic E-state index is -0.346. The first-order valence-electron chi connectivity index (χ1n) is 4.97. The number of rotatable bonds is 2. The Balaban J connectivity index is 2.10. The summed E-state index contributed by atoms with van der Waals surface area (Å²) in [5.74, 6) is 0. The summed E-state index contributed by atoms with van der Waals surface area (Å²) < 4.78 is 1.21. The molecule has 2 heterocycles. The van der Waals surface area contributed by atoms with Gasteiger partial charge in [0.2, 0.25) is 0 Å². The van der Waals surface area contributed by atoms with Gasteiger partial charge in [-0.1, -0.05) is 29.5 Å². The molecule has 3 rings (SSSR count). The molecule has 0 fully saturated rings. The van der Waals surface area contributed by atoms with Gasteiger partial charge in [-0.25, -0.2) is 0 Å². The van der Waals surface area contributed by atoms with Gasteiger partial charge in [-0.15, -0.1) is 11.3 Å². The molecule has 0 radical (unpaired) electrons. The van der Waals surface area contributed by atoms with Crippen LogP contribution in [-0.2, 0) is 0 Å². The molecule has 3 nitrogen and oxygen atoms in total. The number of hydrogen-bond donors (Lipinski definition) is 0. The highest BCUT2D eigenvalue weighted by Gasteiger charge is 2.12. The van der Waals surface area contributed by atoms with E-state index in [1.54, 1.807) is 17.4 Å². The first-order chi connectivity index (χ1) is 8.24. The molecule has 1 aromatic carbocycles. The highest BCUT2D eigenvalue weighted by molar-refractivity contribution is 7.27. The molecule has 84 valence electrons. The highest BCUT2D eigenvalue weighted by Crippen LogP contribution is 2.39. The van der Waals surface area contributed by atoms with Crippen molar-refractivity contribution in [1.29, 1.82) is 0 Å². The van der Waals surface area contributed by atoms with Gasteiger partial charge in [0.05, 0.1) is 9.80 Å². The first kappa shape index (κ1) is 10.4. The van der Waals surface area contributed by atoms with Gasteiger partial charge in [0, 0.05) is 15.6 Å². The standard InChI is InChI=1S/C12H7NO2S2/c14-13(15)12-6-5-10(17-12)11-7-8-3-1-2-4-9(8)16-11/h1-7H. The third-order valence-corrected chi connectivity index (χ3v) is 4.79. The van der Waals surface area contributed by atoms with Gasteiger partial charge in [0.1, 0.15) is 0 Å². The number of hydrogen-bond acceptors (Lipinski definition) is 4. The summed E-state index contributed by atoms with van der Waals surface area (Å²) in [6.07, 6.45) is 0. The van der Waals surface area contributed by atoms with Crippen molar-refractivity contribution in [2.75, 3.05) is 0 Å². The Bertz CT molecular complexity index is 666. The van der Waals surface area contributed by atoms with Crippen molar-refractivity contribution in [3.63, 3.8) is 0 Å². The maximum absolute atomic E-state index is 10.6. The van der Waals surface area contributed by atoms with Gasteiger partial charge < -0.3 is 0 Å². The van der Waals surface area contributed by atoms with Crippen molar-refractivity contribution in [3.05, 3.63) is 52.6 Å². The average Bonchev–Trinajstić information content (AvgIpc) is 2.95. The van der Waals surface area contributed by atoms with E-state index in [4.69, 9.17) is 0 Å². The van der Waals surface area contributed by atoms with Crippen molar-refractivity contribution in [2.45, 2.75) is 0 Å². The van der Waals surface area contributed by atoms with E-state index in [1.165, 1.54) is 21.4 Å². The van der Waals surface area contributed by atoms with Gasteiger partial charge in [-0.05, 0) is 23.6 Å². The second-order valence-electron chi connectivity index (χ2n) is 3.54. The fourth-order valence-electron chi connectivity index (χ4n) is 1.66. The molecule has 0 aliphatic rings. The van der Waals surface area contributed by atoms with E-state index in [2.05, 4.69) is 18.2 Å². The number of fused-ring (bicyclic) bond motifs is 1. The SMILES string of the molecule is O=[N+]([O-])c1ccc(-c2cc3ccccc3s2)s1. The van der Waals surface area contributed by atoms with Crippen LogP contribution in [0.4, 0.5) is 5.00 Å². The van der Waals surface area contributed by atoms with Crippen LogP contribution in [0.3, 0.4) is 0 Å². The normalized spacial score (nSPS) is 10.8. The molecular formula is C12H7NO2S2. The predicted octanol–water partition coefficient (Wildman–Crippen LogP) is 4.54. The fraction of sp³-hybridized carbons (Fsp3) is 0. The molecule has 0 atom stereocenters. The molecule has 17 heavy (non-hydrogen) atoms. The topological polar surface area (TPSA) is 43.1 Å². The summed E-state index contributed by atoms with van der Waals surface area (Å²) in [6, 6.07) is 13.6. The summed E-state index contributed by atoms with van der Waals surface area (Å²) in [4.78, 5) is 12.3. The summed E-state index contributed by atoms with van der Waals surface area (Å²) >= 11 is 2.88. The first-order valence-corrected chi connectivity index (χ1v) is 6.60. The highest BCUT2D eigenvalue weighted by atomic mass is 32.1. The van der Waals surface area contributed by atoms with E-state index in [9.17, 15) is 10.1 Å². The third-order valence-electron chi connectivity index (χ3n) is 2.44. The fourth-order valence-corrected chi connectivity index (χ4v) is 3.63. The van der Waals surface area contributed by atoms with Crippen LogP contribution in [0.1, 0.15) is 0 Å². The number of benzene rings is 1. The van der Waals surface area contributed by atoms with E-state index in [1.807, 2.05) is 18.2 Å². The van der Waals surface area contributed by atoms with Gasteiger partial charge >= 0.3 is 5.00 Å². The van der Waals surface area contributed by atoms with Crippen molar-refractivity contribution in [3.8, 4) is 9.75 Å². The molecule has 0 aliphatic carbocycles. The van der Waals surface area contributed by atoms with Crippen LogP contribution in [0.5, 0.6) is 0 Å². The molecule has 3 aromatic rings. The molecule has 0 aliphatic heterocycles. The summed E-state index contributed by atoms with van der Waals surface area (Å²) in [5.41, 5.74) is 0. The third kappa shape index (κ3) is 1.83. The summed E-state index contributed by atoms with van der Waals surface area (Å²) in [6.45, 7) is 0. The Hall–Kier alpha value is -1.72. The Labute approximate surface area is 105 Å². The Morgan fingerprint density at radius 3 is 2.53 bits per heavy atom. The van der Waals surface area contributed by atoms with Crippen LogP contribution >= 0.6 is 22.7 Å². The van der Waals surface area contributed by atoms with E-state index in [-0.39, 0.29) is 9.92 Å². The molecule has 0 bridgehead atoms. The van der Waals surface area contributed by atoms with E-state index in [0.717, 1.165) is 9.75 Å². The molecular weight excluding hydrogens is 254 g/mol. The lowest BCUT2D eigenvalue weighted by molar-refractivity contribution is -0.380. The molecule has 0 unspecified atom stereocenters. The maximum Gasteiger partial charge on any atom is 0.324 e. The van der Waals surface area contributed by atoms with Crippen LogP contribution in [0.2, 0.25) is 0 Å². The molecule has 0 N–H and O–H groups in total. The van der Waals surface area contributed by atoms with Crippen molar-refractivity contribution < 1.29 is 4.92 Å². The summed E-state index contributed by atoms with van der Waals surface area (Å²) in [5, 5.41) is 12.0. The van der Waals surface area contributed by atoms with Crippen LogP contribution in [0.15, 0.2) is 42.5 Å². The van der Waals surface area contributed by atoms with E-state index >= 15 is 0 Å². The summed E-state index contributed by atoms with van der Waals surface area (Å²) in [7, 11) is 0. The predicted molar refractivity (Wildman–Crippen MR) is 71.8 cm³/mol. The lowest BCUT2D eigenvalue weighted by atomic mass is 10.2. The Morgan fingerprint density at radius 1 is 1.00 bits per heavy atom. The second kappa shape index (κ2) is 3.94. The van der Waals surface area contributed by atoms with E-state index in [0.29, 0.717) is 0 Å². The van der Waals surface area contributed by atoms with Crippen molar-refractivity contribution >= 4 is 37.8 Å². The Morgan fingerprint density at radius 2 is 1.82 bits per heavy atom. The van der Waals surface area contributed by atoms with Gasteiger partial charge in [0.15, 0.2) is 0 Å². The lowest BCUT2D eigenvalue weighted by Crippen LogP contribution is -1.80.